The molecule has 0 aliphatic rings. The van der Waals surface area contributed by atoms with Crippen molar-refractivity contribution in [1.82, 2.24) is 10.7 Å². The number of para-hydroxylation sites is 1. The summed E-state index contributed by atoms with van der Waals surface area (Å²) in [5.74, 6) is 0.683. The fraction of sp³-hybridized carbons (Fsp3) is 0.192. The van der Waals surface area contributed by atoms with Crippen LogP contribution in [0.2, 0.25) is 0 Å². The van der Waals surface area contributed by atoms with E-state index in [0.29, 0.717) is 35.2 Å². The second kappa shape index (κ2) is 12.6. The van der Waals surface area contributed by atoms with E-state index in [1.807, 2.05) is 54.6 Å². The van der Waals surface area contributed by atoms with Gasteiger partial charge in [-0.3, -0.25) is 9.59 Å². The molecular formula is C26H27N3O6. The number of hydrogen-bond acceptors (Lipinski definition) is 7. The van der Waals surface area contributed by atoms with Gasteiger partial charge in [0, 0.05) is 11.1 Å². The Kier molecular flexibility index (Phi) is 9.07. The van der Waals surface area contributed by atoms with Crippen LogP contribution < -0.4 is 29.7 Å². The number of hydrogen-bond donors (Lipinski definition) is 2. The first-order chi connectivity index (χ1) is 17.0. The lowest BCUT2D eigenvalue weighted by Gasteiger charge is -2.14. The molecule has 0 aliphatic heterocycles. The van der Waals surface area contributed by atoms with Gasteiger partial charge in [-0.2, -0.15) is 5.10 Å². The molecule has 3 aromatic carbocycles. The number of amides is 2. The van der Waals surface area contributed by atoms with E-state index in [1.54, 1.807) is 0 Å². The molecule has 0 aromatic heterocycles. The van der Waals surface area contributed by atoms with E-state index in [1.165, 1.54) is 39.7 Å². The van der Waals surface area contributed by atoms with Gasteiger partial charge in [0.05, 0.1) is 34.1 Å². The maximum Gasteiger partial charge on any atom is 0.259 e. The molecule has 0 atom stereocenters. The van der Waals surface area contributed by atoms with Crippen molar-refractivity contribution in [2.75, 3.05) is 27.9 Å². The molecule has 3 rings (SSSR count). The molecule has 0 bridgehead atoms. The molecule has 0 fully saturated rings. The quantitative estimate of drug-likeness (QED) is 0.325. The summed E-state index contributed by atoms with van der Waals surface area (Å²) in [6.07, 6.45) is 1.49. The minimum Gasteiger partial charge on any atom is -0.493 e. The third-order valence-corrected chi connectivity index (χ3v) is 4.89. The Morgan fingerprint density at radius 1 is 0.857 bits per heavy atom. The predicted molar refractivity (Wildman–Crippen MR) is 131 cm³/mol. The molecule has 2 amide bonds. The maximum absolute atomic E-state index is 12.5. The highest BCUT2D eigenvalue weighted by atomic mass is 16.5. The summed E-state index contributed by atoms with van der Waals surface area (Å²) in [7, 11) is 4.38. The lowest BCUT2D eigenvalue weighted by Crippen LogP contribution is -2.35. The topological polar surface area (TPSA) is 107 Å². The Morgan fingerprint density at radius 3 is 2.17 bits per heavy atom. The van der Waals surface area contributed by atoms with Crippen LogP contribution in [0, 0.1) is 0 Å². The standard InChI is InChI=1S/C26H27N3O6/c1-32-22-13-20(14-23(33-2)25(22)34-3)26(31)27-16-24(30)29-28-15-19-11-7-8-12-21(19)35-17-18-9-5-4-6-10-18/h4-15H,16-17H2,1-3H3,(H,27,31)(H,29,30)/b28-15+. The van der Waals surface area contributed by atoms with Gasteiger partial charge in [-0.1, -0.05) is 42.5 Å². The lowest BCUT2D eigenvalue weighted by atomic mass is 10.1. The SMILES string of the molecule is COc1cc(C(=O)NCC(=O)N/N=C/c2ccccc2OCc2ccccc2)cc(OC)c1OC. The molecule has 2 N–H and O–H groups in total. The molecule has 0 aliphatic carbocycles. The van der Waals surface area contributed by atoms with E-state index in [-0.39, 0.29) is 12.1 Å². The van der Waals surface area contributed by atoms with Crippen LogP contribution in [0.1, 0.15) is 21.5 Å². The van der Waals surface area contributed by atoms with Crippen LogP contribution in [-0.2, 0) is 11.4 Å². The fourth-order valence-electron chi connectivity index (χ4n) is 3.14. The monoisotopic (exact) mass is 477 g/mol. The van der Waals surface area contributed by atoms with Gasteiger partial charge in [-0.05, 0) is 29.8 Å². The minimum absolute atomic E-state index is 0.250. The number of nitrogens with zero attached hydrogens (tertiary/aromatic N) is 1. The van der Waals surface area contributed by atoms with Crippen LogP contribution in [0.25, 0.3) is 0 Å². The van der Waals surface area contributed by atoms with Gasteiger partial charge in [-0.25, -0.2) is 5.43 Å². The second-order valence-corrected chi connectivity index (χ2v) is 7.20. The third kappa shape index (κ3) is 6.97. The first kappa shape index (κ1) is 25.1. The van der Waals surface area contributed by atoms with Crippen molar-refractivity contribution in [2.24, 2.45) is 5.10 Å². The molecule has 0 heterocycles. The van der Waals surface area contributed by atoms with Crippen molar-refractivity contribution in [1.29, 1.82) is 0 Å². The Labute approximate surface area is 203 Å². The lowest BCUT2D eigenvalue weighted by molar-refractivity contribution is -0.120. The van der Waals surface area contributed by atoms with Crippen molar-refractivity contribution in [3.05, 3.63) is 83.4 Å². The average Bonchev–Trinajstić information content (AvgIpc) is 2.90. The Morgan fingerprint density at radius 2 is 1.51 bits per heavy atom. The zero-order valence-electron chi connectivity index (χ0n) is 19.7. The van der Waals surface area contributed by atoms with Crippen molar-refractivity contribution in [2.45, 2.75) is 6.61 Å². The van der Waals surface area contributed by atoms with Gasteiger partial charge in [-0.15, -0.1) is 0 Å². The van der Waals surface area contributed by atoms with E-state index >= 15 is 0 Å². The highest BCUT2D eigenvalue weighted by Crippen LogP contribution is 2.38. The maximum atomic E-state index is 12.5. The Balaban J connectivity index is 1.55. The number of benzene rings is 3. The molecule has 0 saturated heterocycles. The number of hydrazone groups is 1. The largest absolute Gasteiger partial charge is 0.493 e. The zero-order chi connectivity index (χ0) is 25.0. The third-order valence-electron chi connectivity index (χ3n) is 4.89. The molecular weight excluding hydrogens is 450 g/mol. The van der Waals surface area contributed by atoms with E-state index in [2.05, 4.69) is 15.8 Å². The summed E-state index contributed by atoms with van der Waals surface area (Å²) < 4.78 is 21.6. The van der Waals surface area contributed by atoms with Gasteiger partial charge in [0.1, 0.15) is 12.4 Å². The number of carbonyl (C=O) groups is 2. The van der Waals surface area contributed by atoms with Gasteiger partial charge in [0.25, 0.3) is 11.8 Å². The number of ether oxygens (including phenoxy) is 4. The first-order valence-electron chi connectivity index (χ1n) is 10.7. The summed E-state index contributed by atoms with van der Waals surface area (Å²) in [4.78, 5) is 24.7. The van der Waals surface area contributed by atoms with Gasteiger partial charge in [0.2, 0.25) is 5.75 Å². The summed E-state index contributed by atoms with van der Waals surface area (Å²) in [6, 6.07) is 20.1. The van der Waals surface area contributed by atoms with Crippen molar-refractivity contribution in [3.63, 3.8) is 0 Å². The molecule has 0 spiro atoms. The van der Waals surface area contributed by atoms with E-state index in [0.717, 1.165) is 5.56 Å². The number of methoxy groups -OCH3 is 3. The van der Waals surface area contributed by atoms with Crippen molar-refractivity contribution in [3.8, 4) is 23.0 Å². The first-order valence-corrected chi connectivity index (χ1v) is 10.7. The van der Waals surface area contributed by atoms with Crippen LogP contribution in [0.15, 0.2) is 71.8 Å². The zero-order valence-corrected chi connectivity index (χ0v) is 19.7. The van der Waals surface area contributed by atoms with Gasteiger partial charge in [0.15, 0.2) is 11.5 Å². The predicted octanol–water partition coefficient (Wildman–Crippen LogP) is 3.17. The summed E-state index contributed by atoms with van der Waals surface area (Å²) >= 11 is 0. The number of carbonyl (C=O) groups excluding carboxylic acids is 2. The molecule has 9 heteroatoms. The van der Waals surface area contributed by atoms with Crippen LogP contribution >= 0.6 is 0 Å². The summed E-state index contributed by atoms with van der Waals surface area (Å²) in [5.41, 5.74) is 4.38. The van der Waals surface area contributed by atoms with Crippen LogP contribution in [0.5, 0.6) is 23.0 Å². The molecule has 182 valence electrons. The normalized spacial score (nSPS) is 10.5. The van der Waals surface area contributed by atoms with E-state index < -0.39 is 11.8 Å². The smallest absolute Gasteiger partial charge is 0.259 e. The Hall–Kier alpha value is -4.53. The van der Waals surface area contributed by atoms with Gasteiger partial charge < -0.3 is 24.3 Å². The van der Waals surface area contributed by atoms with Crippen LogP contribution in [-0.4, -0.2) is 45.9 Å². The Bertz CT molecular complexity index is 1160. The minimum atomic E-state index is -0.496. The van der Waals surface area contributed by atoms with E-state index in [9.17, 15) is 9.59 Å². The van der Waals surface area contributed by atoms with Crippen LogP contribution in [0.3, 0.4) is 0 Å². The second-order valence-electron chi connectivity index (χ2n) is 7.20. The highest BCUT2D eigenvalue weighted by molar-refractivity contribution is 5.97. The van der Waals surface area contributed by atoms with Crippen LogP contribution in [0.4, 0.5) is 0 Å². The molecule has 3 aromatic rings. The summed E-state index contributed by atoms with van der Waals surface area (Å²) in [6.45, 7) is 0.129. The summed E-state index contributed by atoms with van der Waals surface area (Å²) in [5, 5.41) is 6.51. The number of nitrogens with one attached hydrogen (secondary N) is 2. The molecule has 0 radical (unpaired) electrons. The van der Waals surface area contributed by atoms with Gasteiger partial charge >= 0.3 is 0 Å². The molecule has 0 unspecified atom stereocenters. The van der Waals surface area contributed by atoms with E-state index in [4.69, 9.17) is 18.9 Å². The molecule has 0 saturated carbocycles. The average molecular weight is 478 g/mol. The molecule has 35 heavy (non-hydrogen) atoms. The van der Waals surface area contributed by atoms with Crippen molar-refractivity contribution < 1.29 is 28.5 Å². The highest BCUT2D eigenvalue weighted by Gasteiger charge is 2.17. The number of rotatable bonds is 11. The fourth-order valence-corrected chi connectivity index (χ4v) is 3.14. The molecule has 9 nitrogen and oxygen atoms in total. The van der Waals surface area contributed by atoms with Crippen molar-refractivity contribution >= 4 is 18.0 Å².